The number of ether oxygens (including phenoxy) is 3. The van der Waals surface area contributed by atoms with Crippen molar-refractivity contribution in [2.75, 3.05) is 26.1 Å². The Hall–Kier alpha value is -0.430. The van der Waals surface area contributed by atoms with E-state index in [2.05, 4.69) is 13.8 Å². The second-order valence-electron chi connectivity index (χ2n) is 5.64. The molecule has 1 aliphatic carbocycles. The van der Waals surface area contributed by atoms with E-state index < -0.39 is 16.6 Å². The first-order valence-corrected chi connectivity index (χ1v) is 10.3. The standard InChI is InChI=1S/C14H20O4S2.C2H6/c1-9(2)8-16-12-10-4-5-14(17-6-7-18-14)11(10)13(19-12)20(3)15;1-2/h9H,4-8H2,1-3H3;1-2H3. The van der Waals surface area contributed by atoms with Crippen LogP contribution in [0.15, 0.2) is 4.21 Å². The summed E-state index contributed by atoms with van der Waals surface area (Å²) < 4.78 is 30.5. The molecule has 3 rings (SSSR count). The monoisotopic (exact) mass is 346 g/mol. The highest BCUT2D eigenvalue weighted by atomic mass is 32.2. The third-order valence-corrected chi connectivity index (χ3v) is 6.20. The molecule has 1 fully saturated rings. The second-order valence-corrected chi connectivity index (χ2v) is 8.20. The highest BCUT2D eigenvalue weighted by Gasteiger charge is 2.49. The van der Waals surface area contributed by atoms with Gasteiger partial charge in [0.15, 0.2) is 10.9 Å². The Balaban J connectivity index is 0.000000847. The molecule has 6 heteroatoms. The molecule has 1 unspecified atom stereocenters. The summed E-state index contributed by atoms with van der Waals surface area (Å²) in [7, 11) is -1.05. The van der Waals surface area contributed by atoms with E-state index >= 15 is 0 Å². The van der Waals surface area contributed by atoms with Crippen LogP contribution in [0.2, 0.25) is 0 Å². The quantitative estimate of drug-likeness (QED) is 0.834. The zero-order chi connectivity index (χ0) is 16.3. The predicted octanol–water partition coefficient (Wildman–Crippen LogP) is 3.69. The van der Waals surface area contributed by atoms with Crippen molar-refractivity contribution in [3.05, 3.63) is 11.1 Å². The lowest BCUT2D eigenvalue weighted by Gasteiger charge is -2.22. The maximum Gasteiger partial charge on any atom is 0.197 e. The summed E-state index contributed by atoms with van der Waals surface area (Å²) in [4.78, 5) is 0. The number of hydrogen-bond acceptors (Lipinski definition) is 5. The van der Waals surface area contributed by atoms with Crippen molar-refractivity contribution in [3.8, 4) is 5.06 Å². The normalized spacial score (nSPS) is 19.9. The van der Waals surface area contributed by atoms with E-state index in [-0.39, 0.29) is 0 Å². The van der Waals surface area contributed by atoms with Gasteiger partial charge in [-0.05, 0) is 12.3 Å². The van der Waals surface area contributed by atoms with Gasteiger partial charge < -0.3 is 14.2 Å². The van der Waals surface area contributed by atoms with Crippen molar-refractivity contribution < 1.29 is 18.4 Å². The zero-order valence-electron chi connectivity index (χ0n) is 14.1. The summed E-state index contributed by atoms with van der Waals surface area (Å²) in [5, 5.41) is 0.898. The van der Waals surface area contributed by atoms with Gasteiger partial charge in [0.2, 0.25) is 0 Å². The van der Waals surface area contributed by atoms with Crippen molar-refractivity contribution >= 4 is 22.1 Å². The van der Waals surface area contributed by atoms with Crippen LogP contribution in [-0.2, 0) is 32.5 Å². The van der Waals surface area contributed by atoms with E-state index in [0.717, 1.165) is 33.2 Å². The van der Waals surface area contributed by atoms with Crippen LogP contribution in [0.5, 0.6) is 5.06 Å². The first-order valence-electron chi connectivity index (χ1n) is 7.94. The molecule has 126 valence electrons. The largest absolute Gasteiger partial charge is 0.483 e. The molecule has 0 aromatic carbocycles. The van der Waals surface area contributed by atoms with Crippen molar-refractivity contribution in [1.82, 2.24) is 0 Å². The molecule has 1 atom stereocenters. The maximum atomic E-state index is 12.1. The molecule has 2 heterocycles. The first-order chi connectivity index (χ1) is 10.5. The van der Waals surface area contributed by atoms with E-state index in [9.17, 15) is 4.21 Å². The lowest BCUT2D eigenvalue weighted by atomic mass is 10.1. The van der Waals surface area contributed by atoms with Crippen LogP contribution in [0.1, 0.15) is 45.2 Å². The maximum absolute atomic E-state index is 12.1. The minimum absolute atomic E-state index is 0.470. The third-order valence-electron chi connectivity index (χ3n) is 3.59. The fourth-order valence-electron chi connectivity index (χ4n) is 2.75. The Morgan fingerprint density at radius 1 is 1.32 bits per heavy atom. The lowest BCUT2D eigenvalue weighted by Crippen LogP contribution is -2.24. The van der Waals surface area contributed by atoms with E-state index in [1.807, 2.05) is 13.8 Å². The highest BCUT2D eigenvalue weighted by molar-refractivity contribution is 7.86. The molecule has 1 spiro atoms. The Morgan fingerprint density at radius 2 is 1.95 bits per heavy atom. The molecular weight excluding hydrogens is 320 g/mol. The van der Waals surface area contributed by atoms with Crippen molar-refractivity contribution in [1.29, 1.82) is 0 Å². The Kier molecular flexibility index (Phi) is 6.05. The van der Waals surface area contributed by atoms with Gasteiger partial charge in [0.25, 0.3) is 0 Å². The summed E-state index contributed by atoms with van der Waals surface area (Å²) in [5.41, 5.74) is 2.13. The molecule has 0 N–H and O–H groups in total. The third kappa shape index (κ3) is 3.25. The van der Waals surface area contributed by atoms with Gasteiger partial charge in [-0.3, -0.25) is 4.21 Å². The van der Waals surface area contributed by atoms with Crippen LogP contribution in [0.4, 0.5) is 0 Å². The molecule has 1 aliphatic heterocycles. The number of fused-ring (bicyclic) bond motifs is 2. The van der Waals surface area contributed by atoms with Crippen LogP contribution in [-0.4, -0.2) is 30.3 Å². The molecular formula is C16H26O4S2. The van der Waals surface area contributed by atoms with Gasteiger partial charge in [0.1, 0.15) is 4.21 Å². The van der Waals surface area contributed by atoms with Crippen LogP contribution in [0.3, 0.4) is 0 Å². The summed E-state index contributed by atoms with van der Waals surface area (Å²) in [6, 6.07) is 0. The summed E-state index contributed by atoms with van der Waals surface area (Å²) in [6.45, 7) is 10.1. The van der Waals surface area contributed by atoms with Gasteiger partial charge in [-0.1, -0.05) is 39.0 Å². The minimum Gasteiger partial charge on any atom is -0.483 e. The molecule has 0 bridgehead atoms. The van der Waals surface area contributed by atoms with Gasteiger partial charge in [0, 0.05) is 23.8 Å². The Bertz CT molecular complexity index is 530. The number of thiophene rings is 1. The fourth-order valence-corrected chi connectivity index (χ4v) is 5.02. The minimum atomic E-state index is -1.05. The molecule has 2 aliphatic rings. The lowest BCUT2D eigenvalue weighted by molar-refractivity contribution is -0.164. The van der Waals surface area contributed by atoms with Crippen molar-refractivity contribution in [2.24, 2.45) is 5.92 Å². The molecule has 0 saturated carbocycles. The van der Waals surface area contributed by atoms with Gasteiger partial charge >= 0.3 is 0 Å². The zero-order valence-corrected chi connectivity index (χ0v) is 15.7. The Morgan fingerprint density at radius 3 is 2.50 bits per heavy atom. The van der Waals surface area contributed by atoms with Crippen molar-refractivity contribution in [3.63, 3.8) is 0 Å². The SMILES string of the molecule is CC.CC(C)COc1sc(S(C)=O)c2c1CCC21OCCO1. The molecule has 1 aromatic rings. The highest BCUT2D eigenvalue weighted by Crippen LogP contribution is 2.53. The fraction of sp³-hybridized carbons (Fsp3) is 0.750. The molecule has 1 saturated heterocycles. The molecule has 0 amide bonds. The predicted molar refractivity (Wildman–Crippen MR) is 90.2 cm³/mol. The van der Waals surface area contributed by atoms with Crippen LogP contribution < -0.4 is 4.74 Å². The second kappa shape index (κ2) is 7.43. The molecule has 0 radical (unpaired) electrons. The van der Waals surface area contributed by atoms with Crippen LogP contribution >= 0.6 is 11.3 Å². The summed E-state index contributed by atoms with van der Waals surface area (Å²) in [5.74, 6) is -0.190. The number of rotatable bonds is 4. The smallest absolute Gasteiger partial charge is 0.197 e. The van der Waals surface area contributed by atoms with E-state index in [0.29, 0.717) is 25.7 Å². The van der Waals surface area contributed by atoms with Crippen LogP contribution in [0, 0.1) is 5.92 Å². The van der Waals surface area contributed by atoms with Gasteiger partial charge in [-0.2, -0.15) is 0 Å². The summed E-state index contributed by atoms with van der Waals surface area (Å²) >= 11 is 1.49. The first kappa shape index (κ1) is 17.9. The number of hydrogen-bond donors (Lipinski definition) is 0. The van der Waals surface area contributed by atoms with Gasteiger partial charge in [-0.15, -0.1) is 0 Å². The van der Waals surface area contributed by atoms with Crippen molar-refractivity contribution in [2.45, 2.75) is 50.5 Å². The van der Waals surface area contributed by atoms with E-state index in [1.54, 1.807) is 6.26 Å². The topological polar surface area (TPSA) is 44.8 Å². The van der Waals surface area contributed by atoms with Crippen LogP contribution in [0.25, 0.3) is 0 Å². The average Bonchev–Trinajstić information content (AvgIpc) is 3.18. The Labute approximate surface area is 139 Å². The summed E-state index contributed by atoms with van der Waals surface area (Å²) in [6.07, 6.45) is 3.38. The van der Waals surface area contributed by atoms with Gasteiger partial charge in [0.05, 0.1) is 30.6 Å². The van der Waals surface area contributed by atoms with E-state index in [4.69, 9.17) is 14.2 Å². The van der Waals surface area contributed by atoms with E-state index in [1.165, 1.54) is 11.3 Å². The molecule has 1 aromatic heterocycles. The molecule has 22 heavy (non-hydrogen) atoms. The van der Waals surface area contributed by atoms with Gasteiger partial charge in [-0.25, -0.2) is 0 Å². The average molecular weight is 347 g/mol. The molecule has 4 nitrogen and oxygen atoms in total.